The Labute approximate surface area is 168 Å². The SMILES string of the molecule is O=C1N=C(N2CCCC2)SC1=Cc1ccccc1OS(=O)(=O)c1ccccc1. The first-order valence-electron chi connectivity index (χ1n) is 8.89. The van der Waals surface area contributed by atoms with E-state index in [1.807, 2.05) is 0 Å². The molecular weight excluding hydrogens is 396 g/mol. The fourth-order valence-corrected chi connectivity index (χ4v) is 4.94. The molecule has 0 atom stereocenters. The van der Waals surface area contributed by atoms with Crippen molar-refractivity contribution in [2.45, 2.75) is 17.7 Å². The van der Waals surface area contributed by atoms with Gasteiger partial charge in [-0.15, -0.1) is 0 Å². The summed E-state index contributed by atoms with van der Waals surface area (Å²) in [7, 11) is -3.96. The molecule has 1 saturated heterocycles. The number of carbonyl (C=O) groups is 1. The van der Waals surface area contributed by atoms with E-state index in [0.29, 0.717) is 15.6 Å². The second-order valence-corrected chi connectivity index (χ2v) is 8.95. The summed E-state index contributed by atoms with van der Waals surface area (Å²) in [6.45, 7) is 1.81. The first kappa shape index (κ1) is 18.8. The van der Waals surface area contributed by atoms with Crippen LogP contribution in [0.15, 0.2) is 69.4 Å². The first-order valence-corrected chi connectivity index (χ1v) is 11.1. The summed E-state index contributed by atoms with van der Waals surface area (Å²) < 4.78 is 30.4. The molecule has 28 heavy (non-hydrogen) atoms. The zero-order valence-electron chi connectivity index (χ0n) is 14.9. The van der Waals surface area contributed by atoms with Gasteiger partial charge in [0.05, 0.1) is 4.91 Å². The average Bonchev–Trinajstić information content (AvgIpc) is 3.34. The van der Waals surface area contributed by atoms with Crippen molar-refractivity contribution in [1.29, 1.82) is 0 Å². The van der Waals surface area contributed by atoms with Crippen molar-refractivity contribution in [3.8, 4) is 5.75 Å². The number of carbonyl (C=O) groups excluding carboxylic acids is 1. The number of likely N-dealkylation sites (tertiary alicyclic amines) is 1. The molecule has 2 aromatic carbocycles. The summed E-state index contributed by atoms with van der Waals surface area (Å²) in [6.07, 6.45) is 3.83. The molecule has 6 nitrogen and oxygen atoms in total. The van der Waals surface area contributed by atoms with E-state index in [0.717, 1.165) is 25.9 Å². The van der Waals surface area contributed by atoms with Gasteiger partial charge in [0.2, 0.25) is 0 Å². The molecular formula is C20H18N2O4S2. The van der Waals surface area contributed by atoms with Gasteiger partial charge >= 0.3 is 10.1 Å². The van der Waals surface area contributed by atoms with E-state index in [4.69, 9.17) is 4.18 Å². The van der Waals surface area contributed by atoms with Crippen LogP contribution in [0.5, 0.6) is 5.75 Å². The minimum Gasteiger partial charge on any atom is -0.378 e. The van der Waals surface area contributed by atoms with E-state index < -0.39 is 10.1 Å². The van der Waals surface area contributed by atoms with Gasteiger partial charge in [0.1, 0.15) is 10.6 Å². The molecule has 0 unspecified atom stereocenters. The van der Waals surface area contributed by atoms with E-state index >= 15 is 0 Å². The van der Waals surface area contributed by atoms with Crippen LogP contribution in [0.2, 0.25) is 0 Å². The van der Waals surface area contributed by atoms with Crippen molar-refractivity contribution in [3.05, 3.63) is 65.1 Å². The molecule has 2 heterocycles. The predicted octanol–water partition coefficient (Wildman–Crippen LogP) is 3.52. The Morgan fingerprint density at radius 3 is 2.43 bits per heavy atom. The topological polar surface area (TPSA) is 76.0 Å². The molecule has 8 heteroatoms. The smallest absolute Gasteiger partial charge is 0.339 e. The lowest BCUT2D eigenvalue weighted by atomic mass is 10.2. The molecule has 0 aliphatic carbocycles. The zero-order chi connectivity index (χ0) is 19.6. The molecule has 0 N–H and O–H groups in total. The zero-order valence-corrected chi connectivity index (χ0v) is 16.6. The number of thioether (sulfide) groups is 1. The Bertz CT molecular complexity index is 1060. The molecule has 144 valence electrons. The Hall–Kier alpha value is -2.58. The summed E-state index contributed by atoms with van der Waals surface area (Å²) in [4.78, 5) is 19.1. The van der Waals surface area contributed by atoms with Crippen molar-refractivity contribution >= 4 is 39.0 Å². The van der Waals surface area contributed by atoms with E-state index in [2.05, 4.69) is 9.89 Å². The third-order valence-corrected chi connectivity index (χ3v) is 6.72. The number of benzene rings is 2. The first-order chi connectivity index (χ1) is 13.5. The lowest BCUT2D eigenvalue weighted by Gasteiger charge is -2.14. The second-order valence-electron chi connectivity index (χ2n) is 6.39. The summed E-state index contributed by atoms with van der Waals surface area (Å²) >= 11 is 1.32. The minimum absolute atomic E-state index is 0.0726. The maximum atomic E-state index is 12.5. The Balaban J connectivity index is 1.59. The number of rotatable bonds is 4. The molecule has 0 saturated carbocycles. The Morgan fingerprint density at radius 2 is 1.68 bits per heavy atom. The number of hydrogen-bond acceptors (Lipinski definition) is 6. The highest BCUT2D eigenvalue weighted by molar-refractivity contribution is 8.18. The van der Waals surface area contributed by atoms with E-state index in [9.17, 15) is 13.2 Å². The van der Waals surface area contributed by atoms with Gasteiger partial charge in [0.25, 0.3) is 5.91 Å². The van der Waals surface area contributed by atoms with Gasteiger partial charge in [0.15, 0.2) is 5.17 Å². The molecule has 2 aliphatic heterocycles. The monoisotopic (exact) mass is 414 g/mol. The van der Waals surface area contributed by atoms with Crippen molar-refractivity contribution < 1.29 is 17.4 Å². The Kier molecular flexibility index (Phi) is 5.23. The molecule has 2 aromatic rings. The van der Waals surface area contributed by atoms with E-state index in [-0.39, 0.29) is 16.6 Å². The maximum absolute atomic E-state index is 12.5. The summed E-state index contributed by atoms with van der Waals surface area (Å²) in [5.74, 6) is -0.144. The van der Waals surface area contributed by atoms with E-state index in [1.165, 1.54) is 23.9 Å². The maximum Gasteiger partial charge on any atom is 0.339 e. The van der Waals surface area contributed by atoms with Crippen molar-refractivity contribution in [2.24, 2.45) is 4.99 Å². The van der Waals surface area contributed by atoms with Gasteiger partial charge in [-0.3, -0.25) is 4.79 Å². The highest BCUT2D eigenvalue weighted by atomic mass is 32.2. The second kappa shape index (κ2) is 7.81. The molecule has 0 radical (unpaired) electrons. The van der Waals surface area contributed by atoms with Crippen LogP contribution in [0.4, 0.5) is 0 Å². The average molecular weight is 415 g/mol. The lowest BCUT2D eigenvalue weighted by molar-refractivity contribution is -0.113. The Morgan fingerprint density at radius 1 is 1.00 bits per heavy atom. The molecule has 4 rings (SSSR count). The number of aliphatic imine (C=N–C) groups is 1. The number of nitrogens with zero attached hydrogens (tertiary/aromatic N) is 2. The van der Waals surface area contributed by atoms with Crippen LogP contribution in [0.3, 0.4) is 0 Å². The number of hydrogen-bond donors (Lipinski definition) is 0. The molecule has 0 spiro atoms. The van der Waals surface area contributed by atoms with Crippen LogP contribution < -0.4 is 4.18 Å². The molecule has 0 bridgehead atoms. The summed E-state index contributed by atoms with van der Waals surface area (Å²) in [5.41, 5.74) is 0.510. The van der Waals surface area contributed by atoms with Gasteiger partial charge in [0, 0.05) is 18.7 Å². The number of amidine groups is 1. The standard InChI is InChI=1S/C20H18N2O4S2/c23-19-18(27-20(21-19)22-12-6-7-13-22)14-15-8-4-5-11-17(15)26-28(24,25)16-9-2-1-3-10-16/h1-5,8-11,14H,6-7,12-13H2. The summed E-state index contributed by atoms with van der Waals surface area (Å²) in [6, 6.07) is 14.7. The molecule has 1 fully saturated rings. The van der Waals surface area contributed by atoms with Gasteiger partial charge < -0.3 is 9.08 Å². The van der Waals surface area contributed by atoms with Gasteiger partial charge in [-0.1, -0.05) is 36.4 Å². The highest BCUT2D eigenvalue weighted by Gasteiger charge is 2.28. The van der Waals surface area contributed by atoms with Gasteiger partial charge in [-0.25, -0.2) is 0 Å². The van der Waals surface area contributed by atoms with Gasteiger partial charge in [-0.05, 0) is 48.9 Å². The van der Waals surface area contributed by atoms with Crippen LogP contribution in [0, 0.1) is 0 Å². The number of amides is 1. The summed E-state index contributed by atoms with van der Waals surface area (Å²) in [5, 5.41) is 0.712. The van der Waals surface area contributed by atoms with Crippen LogP contribution in [-0.4, -0.2) is 37.5 Å². The lowest BCUT2D eigenvalue weighted by Crippen LogP contribution is -2.23. The van der Waals surface area contributed by atoms with Crippen LogP contribution in [0.1, 0.15) is 18.4 Å². The van der Waals surface area contributed by atoms with Crippen LogP contribution in [0.25, 0.3) is 6.08 Å². The van der Waals surface area contributed by atoms with Crippen LogP contribution in [-0.2, 0) is 14.9 Å². The van der Waals surface area contributed by atoms with Crippen molar-refractivity contribution in [2.75, 3.05) is 13.1 Å². The largest absolute Gasteiger partial charge is 0.378 e. The fourth-order valence-electron chi connectivity index (χ4n) is 3.01. The number of para-hydroxylation sites is 1. The molecule has 2 aliphatic rings. The minimum atomic E-state index is -3.96. The quantitative estimate of drug-likeness (QED) is 0.563. The molecule has 1 amide bonds. The highest BCUT2D eigenvalue weighted by Crippen LogP contribution is 2.34. The fraction of sp³-hybridized carbons (Fsp3) is 0.200. The van der Waals surface area contributed by atoms with Crippen molar-refractivity contribution in [3.63, 3.8) is 0 Å². The van der Waals surface area contributed by atoms with E-state index in [1.54, 1.807) is 48.5 Å². The molecule has 0 aromatic heterocycles. The predicted molar refractivity (Wildman–Crippen MR) is 110 cm³/mol. The normalized spacial score (nSPS) is 18.6. The van der Waals surface area contributed by atoms with Crippen LogP contribution >= 0.6 is 11.8 Å². The third-order valence-electron chi connectivity index (χ3n) is 4.42. The van der Waals surface area contributed by atoms with Gasteiger partial charge in [-0.2, -0.15) is 13.4 Å². The third kappa shape index (κ3) is 3.98. The van der Waals surface area contributed by atoms with Crippen molar-refractivity contribution in [1.82, 2.24) is 4.90 Å².